The van der Waals surface area contributed by atoms with Crippen molar-refractivity contribution in [1.29, 1.82) is 0 Å². The molecule has 2 aromatic carbocycles. The number of ether oxygens (including phenoxy) is 2. The smallest absolute Gasteiger partial charge is 0.247 e. The van der Waals surface area contributed by atoms with Crippen LogP contribution in [0.4, 0.5) is 0 Å². The monoisotopic (exact) mass is 664 g/mol. The van der Waals surface area contributed by atoms with E-state index in [0.717, 1.165) is 11.1 Å². The third-order valence-electron chi connectivity index (χ3n) is 6.59. The molecule has 0 saturated carbocycles. The van der Waals surface area contributed by atoms with Crippen molar-refractivity contribution in [2.24, 2.45) is 0 Å². The first-order valence-electron chi connectivity index (χ1n) is 13.2. The van der Waals surface area contributed by atoms with Crippen molar-refractivity contribution in [3.8, 4) is 11.5 Å². The molecule has 2 amide bonds. The molecular formula is C30H37IN2O7. The second kappa shape index (κ2) is 15.2. The molecule has 3 rings (SSSR count). The molecule has 3 unspecified atom stereocenters. The van der Waals surface area contributed by atoms with Crippen LogP contribution in [-0.2, 0) is 22.7 Å². The predicted molar refractivity (Wildman–Crippen MR) is 160 cm³/mol. The summed E-state index contributed by atoms with van der Waals surface area (Å²) in [7, 11) is 1.48. The second-order valence-electron chi connectivity index (χ2n) is 9.55. The molecule has 0 aliphatic heterocycles. The van der Waals surface area contributed by atoms with E-state index in [1.54, 1.807) is 29.2 Å². The van der Waals surface area contributed by atoms with Gasteiger partial charge in [-0.1, -0.05) is 42.8 Å². The number of allylic oxidation sites excluding steroid dienone is 1. The zero-order valence-electron chi connectivity index (χ0n) is 23.0. The van der Waals surface area contributed by atoms with E-state index in [-0.39, 0.29) is 38.6 Å². The summed E-state index contributed by atoms with van der Waals surface area (Å²) >= 11 is 2.06. The van der Waals surface area contributed by atoms with Crippen LogP contribution in [0, 0.1) is 10.5 Å². The van der Waals surface area contributed by atoms with Gasteiger partial charge in [0.2, 0.25) is 11.8 Å². The summed E-state index contributed by atoms with van der Waals surface area (Å²) in [6.07, 6.45) is 3.37. The summed E-state index contributed by atoms with van der Waals surface area (Å²) in [4.78, 5) is 28.1. The van der Waals surface area contributed by atoms with Crippen LogP contribution in [0.3, 0.4) is 0 Å². The Kier molecular flexibility index (Phi) is 12.0. The van der Waals surface area contributed by atoms with Crippen molar-refractivity contribution in [1.82, 2.24) is 10.2 Å². The number of carbonyl (C=O) groups is 2. The highest BCUT2D eigenvalue weighted by Gasteiger charge is 2.40. The third-order valence-corrected chi connectivity index (χ3v) is 7.39. The first-order chi connectivity index (χ1) is 19.2. The van der Waals surface area contributed by atoms with Crippen LogP contribution in [0.25, 0.3) is 0 Å². The summed E-state index contributed by atoms with van der Waals surface area (Å²) in [5.41, 5.74) is 2.93. The average Bonchev–Trinajstić information content (AvgIpc) is 2.96. The van der Waals surface area contributed by atoms with Crippen LogP contribution >= 0.6 is 22.6 Å². The number of aliphatic hydroxyl groups is 3. The summed E-state index contributed by atoms with van der Waals surface area (Å²) in [6, 6.07) is 10.4. The molecule has 1 aliphatic carbocycles. The van der Waals surface area contributed by atoms with Gasteiger partial charge in [0.25, 0.3) is 0 Å². The molecule has 4 N–H and O–H groups in total. The van der Waals surface area contributed by atoms with E-state index in [0.29, 0.717) is 32.6 Å². The number of hydrogen-bond donors (Lipinski definition) is 4. The molecule has 0 spiro atoms. The van der Waals surface area contributed by atoms with Gasteiger partial charge in [-0.25, -0.2) is 0 Å². The lowest BCUT2D eigenvalue weighted by atomic mass is 9.87. The van der Waals surface area contributed by atoms with Crippen LogP contribution in [-0.4, -0.2) is 70.5 Å². The molecule has 2 aromatic rings. The molecule has 0 radical (unpaired) electrons. The fraction of sp³-hybridized carbons (Fsp3) is 0.400. The molecule has 9 nitrogen and oxygen atoms in total. The molecule has 40 heavy (non-hydrogen) atoms. The SMILES string of the molecule is CCC=CC(=O)N(Cc1ccc(C)cc1)C1CC(C(=O)NCCO)=CC(Oc2c(I)cc(CO)cc2OC)C1O. The second-order valence-corrected chi connectivity index (χ2v) is 10.7. The number of nitrogens with one attached hydrogen (secondary N) is 1. The highest BCUT2D eigenvalue weighted by molar-refractivity contribution is 14.1. The van der Waals surface area contributed by atoms with Crippen LogP contribution in [0.5, 0.6) is 11.5 Å². The first-order valence-corrected chi connectivity index (χ1v) is 14.2. The molecule has 3 atom stereocenters. The molecule has 0 fully saturated rings. The molecule has 216 valence electrons. The number of aliphatic hydroxyl groups excluding tert-OH is 3. The van der Waals surface area contributed by atoms with Crippen molar-refractivity contribution in [3.63, 3.8) is 0 Å². The first kappa shape index (κ1) is 31.6. The summed E-state index contributed by atoms with van der Waals surface area (Å²) in [5, 5.41) is 33.1. The lowest BCUT2D eigenvalue weighted by molar-refractivity contribution is -0.134. The molecule has 10 heteroatoms. The van der Waals surface area contributed by atoms with E-state index in [1.807, 2.05) is 38.1 Å². The molecule has 0 saturated heterocycles. The van der Waals surface area contributed by atoms with Crippen molar-refractivity contribution >= 4 is 34.4 Å². The van der Waals surface area contributed by atoms with E-state index in [2.05, 4.69) is 27.9 Å². The predicted octanol–water partition coefficient (Wildman–Crippen LogP) is 3.01. The number of benzene rings is 2. The van der Waals surface area contributed by atoms with Crippen LogP contribution in [0.1, 0.15) is 36.5 Å². The zero-order chi connectivity index (χ0) is 29.2. The van der Waals surface area contributed by atoms with Crippen LogP contribution < -0.4 is 14.8 Å². The maximum atomic E-state index is 13.4. The van der Waals surface area contributed by atoms with Crippen molar-refractivity contribution in [3.05, 3.63) is 80.5 Å². The standard InChI is InChI=1S/C30H37IN2O7/c1-4-5-6-27(36)33(17-20-9-7-19(2)8-10-20)24-15-22(30(38)32-11-12-34)16-25(28(24)37)40-29-23(31)13-21(18-35)14-26(29)39-3/h5-10,13-14,16,24-25,28,34-35,37H,4,11-12,15,17-18H2,1-3H3,(H,32,38). The minimum Gasteiger partial charge on any atom is -0.493 e. The van der Waals surface area contributed by atoms with Crippen molar-refractivity contribution in [2.45, 2.75) is 58.1 Å². The number of amides is 2. The highest BCUT2D eigenvalue weighted by atomic mass is 127. The number of halogens is 1. The lowest BCUT2D eigenvalue weighted by Crippen LogP contribution is -2.54. The van der Waals surface area contributed by atoms with Gasteiger partial charge < -0.3 is 35.0 Å². The number of hydrogen-bond acceptors (Lipinski definition) is 7. The Bertz CT molecular complexity index is 1230. The molecule has 0 bridgehead atoms. The highest BCUT2D eigenvalue weighted by Crippen LogP contribution is 2.37. The van der Waals surface area contributed by atoms with Gasteiger partial charge in [0.1, 0.15) is 12.2 Å². The maximum absolute atomic E-state index is 13.4. The zero-order valence-corrected chi connectivity index (χ0v) is 25.1. The Morgan fingerprint density at radius 2 is 1.90 bits per heavy atom. The molecule has 0 aromatic heterocycles. The van der Waals surface area contributed by atoms with Gasteiger partial charge in [-0.2, -0.15) is 0 Å². The number of carbonyl (C=O) groups excluding carboxylic acids is 2. The van der Waals surface area contributed by atoms with Gasteiger partial charge in [-0.3, -0.25) is 9.59 Å². The van der Waals surface area contributed by atoms with Crippen LogP contribution in [0.15, 0.2) is 60.2 Å². The van der Waals surface area contributed by atoms with Crippen LogP contribution in [0.2, 0.25) is 0 Å². The Morgan fingerprint density at radius 3 is 2.52 bits per heavy atom. The number of methoxy groups -OCH3 is 1. The average molecular weight is 665 g/mol. The van der Waals surface area contributed by atoms with Gasteiger partial charge in [-0.15, -0.1) is 0 Å². The molecular weight excluding hydrogens is 627 g/mol. The Hall–Kier alpha value is -2.93. The van der Waals surface area contributed by atoms with Crippen molar-refractivity contribution < 1.29 is 34.4 Å². The van der Waals surface area contributed by atoms with E-state index >= 15 is 0 Å². The minimum atomic E-state index is -1.18. The molecule has 1 aliphatic rings. The number of nitrogens with zero attached hydrogens (tertiary/aromatic N) is 1. The normalized spacial score (nSPS) is 18.8. The minimum absolute atomic E-state index is 0.0640. The van der Waals surface area contributed by atoms with Gasteiger partial charge in [0.05, 0.1) is 29.9 Å². The Morgan fingerprint density at radius 1 is 1.18 bits per heavy atom. The lowest BCUT2D eigenvalue weighted by Gasteiger charge is -2.40. The van der Waals surface area contributed by atoms with Gasteiger partial charge in [0.15, 0.2) is 11.5 Å². The number of aryl methyl sites for hydroxylation is 1. The fourth-order valence-electron chi connectivity index (χ4n) is 4.46. The topological polar surface area (TPSA) is 129 Å². The Labute approximate surface area is 248 Å². The summed E-state index contributed by atoms with van der Waals surface area (Å²) in [6.45, 7) is 3.79. The number of rotatable bonds is 12. The van der Waals surface area contributed by atoms with E-state index in [9.17, 15) is 24.9 Å². The summed E-state index contributed by atoms with van der Waals surface area (Å²) in [5.74, 6) is 0.00690. The van der Waals surface area contributed by atoms with E-state index in [1.165, 1.54) is 13.2 Å². The largest absolute Gasteiger partial charge is 0.493 e. The fourth-order valence-corrected chi connectivity index (χ4v) is 5.25. The van der Waals surface area contributed by atoms with Crippen molar-refractivity contribution in [2.75, 3.05) is 20.3 Å². The molecule has 0 heterocycles. The van der Waals surface area contributed by atoms with E-state index < -0.39 is 24.2 Å². The van der Waals surface area contributed by atoms with Gasteiger partial charge >= 0.3 is 0 Å². The van der Waals surface area contributed by atoms with E-state index in [4.69, 9.17) is 9.47 Å². The quantitative estimate of drug-likeness (QED) is 0.203. The van der Waals surface area contributed by atoms with Gasteiger partial charge in [0, 0.05) is 25.1 Å². The Balaban J connectivity index is 2.04. The summed E-state index contributed by atoms with van der Waals surface area (Å²) < 4.78 is 12.4. The third kappa shape index (κ3) is 8.06. The maximum Gasteiger partial charge on any atom is 0.247 e. The van der Waals surface area contributed by atoms with Gasteiger partial charge in [-0.05, 0) is 71.3 Å².